The molecule has 1 aliphatic rings. The number of nitrogens with one attached hydrogen (secondary N) is 1. The molecule has 2 unspecified atom stereocenters. The Morgan fingerprint density at radius 3 is 2.76 bits per heavy atom. The molecule has 92 valence electrons. The maximum absolute atomic E-state index is 8.78. The summed E-state index contributed by atoms with van der Waals surface area (Å²) in [6.07, 6.45) is 3.87. The van der Waals surface area contributed by atoms with E-state index < -0.39 is 0 Å². The van der Waals surface area contributed by atoms with Gasteiger partial charge in [-0.15, -0.1) is 11.3 Å². The summed E-state index contributed by atoms with van der Waals surface area (Å²) < 4.78 is 0. The van der Waals surface area contributed by atoms with E-state index in [0.717, 1.165) is 12.1 Å². The van der Waals surface area contributed by atoms with Gasteiger partial charge in [-0.2, -0.15) is 5.26 Å². The van der Waals surface area contributed by atoms with Gasteiger partial charge in [-0.3, -0.25) is 0 Å². The molecule has 0 saturated carbocycles. The van der Waals surface area contributed by atoms with Crippen molar-refractivity contribution in [1.29, 1.82) is 5.26 Å². The van der Waals surface area contributed by atoms with Gasteiger partial charge in [-0.25, -0.2) is 10.4 Å². The molecular weight excluding hydrogens is 230 g/mol. The molecule has 0 aromatic carbocycles. The molecule has 1 fully saturated rings. The first-order valence-corrected chi connectivity index (χ1v) is 7.08. The third-order valence-electron chi connectivity index (χ3n) is 3.41. The topological polar surface area (TPSA) is 39.1 Å². The van der Waals surface area contributed by atoms with Crippen molar-refractivity contribution in [2.75, 3.05) is 0 Å². The molecule has 4 heteroatoms. The van der Waals surface area contributed by atoms with Gasteiger partial charge in [-0.1, -0.05) is 6.42 Å². The molecule has 0 radical (unpaired) electrons. The van der Waals surface area contributed by atoms with Crippen LogP contribution in [0.15, 0.2) is 11.4 Å². The molecule has 0 amide bonds. The molecule has 3 nitrogen and oxygen atoms in total. The molecule has 1 aliphatic heterocycles. The molecule has 2 atom stereocenters. The highest BCUT2D eigenvalue weighted by atomic mass is 32.1. The second-order valence-corrected chi connectivity index (χ2v) is 5.78. The fourth-order valence-electron chi connectivity index (χ4n) is 2.43. The van der Waals surface area contributed by atoms with Gasteiger partial charge in [0.05, 0.1) is 5.56 Å². The molecule has 1 saturated heterocycles. The molecule has 2 rings (SSSR count). The highest BCUT2D eigenvalue weighted by Gasteiger charge is 2.24. The van der Waals surface area contributed by atoms with Gasteiger partial charge in [0.1, 0.15) is 6.07 Å². The lowest BCUT2D eigenvalue weighted by Crippen LogP contribution is -2.51. The van der Waals surface area contributed by atoms with Crippen molar-refractivity contribution in [2.24, 2.45) is 0 Å². The van der Waals surface area contributed by atoms with Crippen molar-refractivity contribution in [3.8, 4) is 6.07 Å². The van der Waals surface area contributed by atoms with Gasteiger partial charge in [-0.05, 0) is 32.8 Å². The average Bonchev–Trinajstić information content (AvgIpc) is 2.76. The SMILES string of the molecule is CC1CCCC(C)N1NCc1cc(C#N)cs1. The summed E-state index contributed by atoms with van der Waals surface area (Å²) >= 11 is 1.65. The maximum atomic E-state index is 8.78. The Bertz CT molecular complexity index is 397. The number of hydrogen-bond acceptors (Lipinski definition) is 4. The third-order valence-corrected chi connectivity index (χ3v) is 4.35. The Labute approximate surface area is 107 Å². The summed E-state index contributed by atoms with van der Waals surface area (Å²) in [5, 5.41) is 13.1. The summed E-state index contributed by atoms with van der Waals surface area (Å²) in [5.74, 6) is 0. The molecule has 0 bridgehead atoms. The molecular formula is C13H19N3S. The van der Waals surface area contributed by atoms with Crippen LogP contribution in [0.2, 0.25) is 0 Å². The number of nitrogens with zero attached hydrogens (tertiary/aromatic N) is 2. The van der Waals surface area contributed by atoms with E-state index in [4.69, 9.17) is 5.26 Å². The van der Waals surface area contributed by atoms with E-state index in [1.54, 1.807) is 11.3 Å². The van der Waals surface area contributed by atoms with Crippen LogP contribution < -0.4 is 5.43 Å². The minimum absolute atomic E-state index is 0.606. The van der Waals surface area contributed by atoms with Gasteiger partial charge in [0.25, 0.3) is 0 Å². The highest BCUT2D eigenvalue weighted by molar-refractivity contribution is 7.10. The van der Waals surface area contributed by atoms with Gasteiger partial charge >= 0.3 is 0 Å². The summed E-state index contributed by atoms with van der Waals surface area (Å²) in [5.41, 5.74) is 4.28. The number of hydrogen-bond donors (Lipinski definition) is 1. The predicted octanol–water partition coefficient (Wildman–Crippen LogP) is 2.89. The zero-order valence-corrected chi connectivity index (χ0v) is 11.3. The zero-order valence-electron chi connectivity index (χ0n) is 10.4. The second kappa shape index (κ2) is 5.63. The Morgan fingerprint density at radius 2 is 2.18 bits per heavy atom. The van der Waals surface area contributed by atoms with Crippen LogP contribution in [-0.4, -0.2) is 17.1 Å². The summed E-state index contributed by atoms with van der Waals surface area (Å²) in [6.45, 7) is 5.39. The second-order valence-electron chi connectivity index (χ2n) is 4.78. The number of thiophene rings is 1. The number of nitriles is 1. The van der Waals surface area contributed by atoms with Gasteiger partial charge in [0.2, 0.25) is 0 Å². The van der Waals surface area contributed by atoms with Crippen molar-refractivity contribution in [1.82, 2.24) is 10.4 Å². The lowest BCUT2D eigenvalue weighted by atomic mass is 10.00. The molecule has 1 aromatic rings. The van der Waals surface area contributed by atoms with Crippen molar-refractivity contribution in [2.45, 2.75) is 51.7 Å². The Kier molecular flexibility index (Phi) is 4.16. The fourth-order valence-corrected chi connectivity index (χ4v) is 3.18. The smallest absolute Gasteiger partial charge is 0.100 e. The summed E-state index contributed by atoms with van der Waals surface area (Å²) in [4.78, 5) is 1.23. The maximum Gasteiger partial charge on any atom is 0.100 e. The lowest BCUT2D eigenvalue weighted by Gasteiger charge is -2.39. The van der Waals surface area contributed by atoms with Crippen LogP contribution in [0.1, 0.15) is 43.6 Å². The summed E-state index contributed by atoms with van der Waals surface area (Å²) in [7, 11) is 0. The first-order valence-electron chi connectivity index (χ1n) is 6.20. The van der Waals surface area contributed by atoms with E-state index in [1.165, 1.54) is 24.1 Å². The third kappa shape index (κ3) is 3.06. The van der Waals surface area contributed by atoms with Gasteiger partial charge in [0, 0.05) is 28.9 Å². The van der Waals surface area contributed by atoms with E-state index in [9.17, 15) is 0 Å². The standard InChI is InChI=1S/C13H19N3S/c1-10-4-3-5-11(2)16(10)15-8-13-6-12(7-14)9-17-13/h6,9-11,15H,3-5,8H2,1-2H3. The quantitative estimate of drug-likeness (QED) is 0.895. The number of hydrazine groups is 1. The van der Waals surface area contributed by atoms with Crippen LogP contribution >= 0.6 is 11.3 Å². The van der Waals surface area contributed by atoms with E-state index in [0.29, 0.717) is 12.1 Å². The largest absolute Gasteiger partial charge is 0.249 e. The van der Waals surface area contributed by atoms with Gasteiger partial charge in [0.15, 0.2) is 0 Å². The van der Waals surface area contributed by atoms with Crippen molar-refractivity contribution in [3.63, 3.8) is 0 Å². The minimum atomic E-state index is 0.606. The van der Waals surface area contributed by atoms with E-state index in [-0.39, 0.29) is 0 Å². The van der Waals surface area contributed by atoms with Crippen LogP contribution in [-0.2, 0) is 6.54 Å². The van der Waals surface area contributed by atoms with Crippen LogP contribution in [0.3, 0.4) is 0 Å². The number of rotatable bonds is 3. The molecule has 1 aromatic heterocycles. The monoisotopic (exact) mass is 249 g/mol. The first kappa shape index (κ1) is 12.6. The summed E-state index contributed by atoms with van der Waals surface area (Å²) in [6, 6.07) is 5.35. The Balaban J connectivity index is 1.90. The normalized spacial score (nSPS) is 25.7. The highest BCUT2D eigenvalue weighted by Crippen LogP contribution is 2.21. The molecule has 1 N–H and O–H groups in total. The Hall–Kier alpha value is -0.890. The van der Waals surface area contributed by atoms with E-state index in [1.807, 2.05) is 11.4 Å². The van der Waals surface area contributed by atoms with Crippen molar-refractivity contribution >= 4 is 11.3 Å². The van der Waals surface area contributed by atoms with Crippen LogP contribution in [0, 0.1) is 11.3 Å². The molecule has 0 spiro atoms. The molecule has 0 aliphatic carbocycles. The zero-order chi connectivity index (χ0) is 12.3. The fraction of sp³-hybridized carbons (Fsp3) is 0.615. The van der Waals surface area contributed by atoms with Crippen molar-refractivity contribution in [3.05, 3.63) is 21.9 Å². The van der Waals surface area contributed by atoms with E-state index in [2.05, 4.69) is 30.4 Å². The lowest BCUT2D eigenvalue weighted by molar-refractivity contribution is 0.0439. The first-order chi connectivity index (χ1) is 8.20. The molecule has 2 heterocycles. The number of piperidine rings is 1. The Morgan fingerprint density at radius 1 is 1.47 bits per heavy atom. The van der Waals surface area contributed by atoms with Crippen LogP contribution in [0.5, 0.6) is 0 Å². The van der Waals surface area contributed by atoms with Crippen LogP contribution in [0.25, 0.3) is 0 Å². The minimum Gasteiger partial charge on any atom is -0.249 e. The van der Waals surface area contributed by atoms with Gasteiger partial charge < -0.3 is 0 Å². The van der Waals surface area contributed by atoms with Crippen molar-refractivity contribution < 1.29 is 0 Å². The van der Waals surface area contributed by atoms with Crippen LogP contribution in [0.4, 0.5) is 0 Å². The average molecular weight is 249 g/mol. The van der Waals surface area contributed by atoms with E-state index >= 15 is 0 Å². The molecule has 17 heavy (non-hydrogen) atoms. The predicted molar refractivity (Wildman–Crippen MR) is 70.5 cm³/mol.